The number of alkyl halides is 2. The zero-order valence-electron chi connectivity index (χ0n) is 16.0. The number of hydrogen-bond donors (Lipinski definition) is 2. The molecule has 2 N–H and O–H groups in total. The highest BCUT2D eigenvalue weighted by atomic mass is 35.5. The molecule has 164 valence electrons. The number of carbonyl (C=O) groups excluding carboxylic acids is 2. The van der Waals surface area contributed by atoms with Gasteiger partial charge in [0.2, 0.25) is 0 Å². The smallest absolute Gasteiger partial charge is 0.387 e. The highest BCUT2D eigenvalue weighted by Crippen LogP contribution is 2.48. The van der Waals surface area contributed by atoms with Crippen molar-refractivity contribution in [1.29, 1.82) is 0 Å². The summed E-state index contributed by atoms with van der Waals surface area (Å²) in [6, 6.07) is 2.45. The van der Waals surface area contributed by atoms with Crippen molar-refractivity contribution in [1.82, 2.24) is 4.98 Å². The van der Waals surface area contributed by atoms with Gasteiger partial charge in [-0.2, -0.15) is 8.78 Å². The molecule has 1 spiro atoms. The number of halogens is 4. The summed E-state index contributed by atoms with van der Waals surface area (Å²) in [7, 11) is 0. The number of anilines is 2. The quantitative estimate of drug-likeness (QED) is 0.633. The molecule has 1 fully saturated rings. The molecule has 0 atom stereocenters. The highest BCUT2D eigenvalue weighted by molar-refractivity contribution is 6.39. The van der Waals surface area contributed by atoms with Crippen molar-refractivity contribution in [3.8, 4) is 11.5 Å². The summed E-state index contributed by atoms with van der Waals surface area (Å²) in [6.45, 7) is -3.11. The largest absolute Gasteiger partial charge is 0.471 e. The maximum Gasteiger partial charge on any atom is 0.387 e. The van der Waals surface area contributed by atoms with E-state index in [2.05, 4.69) is 20.4 Å². The first-order valence-electron chi connectivity index (χ1n) is 9.53. The number of benzene rings is 1. The Morgan fingerprint density at radius 3 is 2.52 bits per heavy atom. The van der Waals surface area contributed by atoms with Crippen molar-refractivity contribution < 1.29 is 27.8 Å². The van der Waals surface area contributed by atoms with Crippen LogP contribution in [0.1, 0.15) is 42.5 Å². The molecule has 0 saturated heterocycles. The van der Waals surface area contributed by atoms with Crippen LogP contribution in [0.3, 0.4) is 0 Å². The first-order chi connectivity index (χ1) is 14.8. The Kier molecular flexibility index (Phi) is 5.90. The van der Waals surface area contributed by atoms with Gasteiger partial charge in [-0.25, -0.2) is 0 Å². The van der Waals surface area contributed by atoms with Gasteiger partial charge >= 0.3 is 6.61 Å². The van der Waals surface area contributed by atoms with Crippen molar-refractivity contribution >= 4 is 46.4 Å². The Morgan fingerprint density at radius 1 is 1.19 bits per heavy atom. The van der Waals surface area contributed by atoms with Gasteiger partial charge in [0.15, 0.2) is 17.1 Å². The molecule has 2 amide bonds. The van der Waals surface area contributed by atoms with Gasteiger partial charge in [-0.1, -0.05) is 29.6 Å². The number of carbonyl (C=O) groups is 2. The van der Waals surface area contributed by atoms with Crippen LogP contribution in [0.2, 0.25) is 10.0 Å². The van der Waals surface area contributed by atoms with Crippen LogP contribution in [0.15, 0.2) is 24.5 Å². The predicted octanol–water partition coefficient (Wildman–Crippen LogP) is 5.28. The number of nitrogens with one attached hydrogen (secondary N) is 2. The predicted molar refractivity (Wildman–Crippen MR) is 110 cm³/mol. The van der Waals surface area contributed by atoms with Crippen molar-refractivity contribution in [2.45, 2.75) is 44.3 Å². The van der Waals surface area contributed by atoms with Gasteiger partial charge in [0.25, 0.3) is 11.8 Å². The molecular weight excluding hydrogens is 455 g/mol. The minimum Gasteiger partial charge on any atom is -0.471 e. The Balaban J connectivity index is 1.74. The summed E-state index contributed by atoms with van der Waals surface area (Å²) in [5.74, 6) is -1.49. The molecule has 2 aromatic rings. The zero-order chi connectivity index (χ0) is 22.2. The number of hydrogen-bond acceptors (Lipinski definition) is 5. The SMILES string of the molecule is O=C(Nc1c(Cl)cncc1Cl)c1ccc(OC(F)F)c2c1NC(=O)C1(CCCCC1)O2. The van der Waals surface area contributed by atoms with E-state index in [-0.39, 0.29) is 38.5 Å². The van der Waals surface area contributed by atoms with Crippen LogP contribution in [-0.2, 0) is 4.79 Å². The molecule has 1 saturated carbocycles. The first-order valence-corrected chi connectivity index (χ1v) is 10.3. The second-order valence-electron chi connectivity index (χ2n) is 7.24. The molecule has 4 rings (SSSR count). The molecule has 11 heteroatoms. The van der Waals surface area contributed by atoms with Crippen LogP contribution in [0.5, 0.6) is 11.5 Å². The summed E-state index contributed by atoms with van der Waals surface area (Å²) >= 11 is 12.1. The van der Waals surface area contributed by atoms with Gasteiger partial charge < -0.3 is 20.1 Å². The molecule has 31 heavy (non-hydrogen) atoms. The maximum absolute atomic E-state index is 13.0. The third-order valence-corrected chi connectivity index (χ3v) is 5.86. The fraction of sp³-hybridized carbons (Fsp3) is 0.350. The van der Waals surface area contributed by atoms with Gasteiger partial charge in [0.1, 0.15) is 5.69 Å². The number of rotatable bonds is 4. The minimum absolute atomic E-state index is 0.0282. The average molecular weight is 472 g/mol. The van der Waals surface area contributed by atoms with Gasteiger partial charge in [-0.05, 0) is 37.8 Å². The summed E-state index contributed by atoms with van der Waals surface area (Å²) in [5.41, 5.74) is -1.15. The molecule has 7 nitrogen and oxygen atoms in total. The fourth-order valence-corrected chi connectivity index (χ4v) is 4.26. The third-order valence-electron chi connectivity index (χ3n) is 5.29. The second-order valence-corrected chi connectivity index (χ2v) is 8.05. The molecule has 1 aliphatic heterocycles. The monoisotopic (exact) mass is 471 g/mol. The molecule has 1 aromatic carbocycles. The molecule has 0 bridgehead atoms. The topological polar surface area (TPSA) is 89.5 Å². The summed E-state index contributed by atoms with van der Waals surface area (Å²) in [6.07, 6.45) is 5.93. The fourth-order valence-electron chi connectivity index (χ4n) is 3.80. The summed E-state index contributed by atoms with van der Waals surface area (Å²) < 4.78 is 36.5. The molecular formula is C20H17Cl2F2N3O4. The first kappa shape index (κ1) is 21.6. The number of ether oxygens (including phenoxy) is 2. The van der Waals surface area contributed by atoms with E-state index in [0.717, 1.165) is 19.3 Å². The lowest BCUT2D eigenvalue weighted by Crippen LogP contribution is -2.52. The number of pyridine rings is 1. The van der Waals surface area contributed by atoms with E-state index in [1.54, 1.807) is 0 Å². The lowest BCUT2D eigenvalue weighted by molar-refractivity contribution is -0.135. The number of nitrogens with zero attached hydrogens (tertiary/aromatic N) is 1. The van der Waals surface area contributed by atoms with Crippen LogP contribution in [0.25, 0.3) is 0 Å². The van der Waals surface area contributed by atoms with Crippen LogP contribution in [0.4, 0.5) is 20.2 Å². The number of fused-ring (bicyclic) bond motifs is 1. The zero-order valence-corrected chi connectivity index (χ0v) is 17.5. The van der Waals surface area contributed by atoms with Crippen molar-refractivity contribution in [2.75, 3.05) is 10.6 Å². The van der Waals surface area contributed by atoms with Gasteiger partial charge in [0, 0.05) is 12.4 Å². The van der Waals surface area contributed by atoms with E-state index >= 15 is 0 Å². The molecule has 2 aliphatic rings. The van der Waals surface area contributed by atoms with Crippen molar-refractivity contribution in [3.63, 3.8) is 0 Å². The highest BCUT2D eigenvalue weighted by Gasteiger charge is 2.47. The normalized spacial score (nSPS) is 17.0. The van der Waals surface area contributed by atoms with Crippen molar-refractivity contribution in [2.24, 2.45) is 0 Å². The van der Waals surface area contributed by atoms with Gasteiger partial charge in [0.05, 0.1) is 21.3 Å². The standard InChI is InChI=1S/C20H17Cl2F2N3O4/c21-11-8-25-9-12(22)15(11)26-17(28)10-4-5-13(30-19(23)24)16-14(10)27-18(29)20(31-16)6-2-1-3-7-20/h4-5,8-9,19H,1-3,6-7H2,(H,27,29)(H,25,26,28). The van der Waals surface area contributed by atoms with E-state index in [9.17, 15) is 18.4 Å². The third kappa shape index (κ3) is 4.12. The lowest BCUT2D eigenvalue weighted by Gasteiger charge is -2.40. The Morgan fingerprint density at radius 2 is 1.87 bits per heavy atom. The van der Waals surface area contributed by atoms with E-state index in [4.69, 9.17) is 27.9 Å². The molecule has 1 aliphatic carbocycles. The molecule has 0 unspecified atom stereocenters. The van der Waals surface area contributed by atoms with Crippen LogP contribution >= 0.6 is 23.2 Å². The Labute approximate surface area is 186 Å². The van der Waals surface area contributed by atoms with Gasteiger partial charge in [-0.15, -0.1) is 0 Å². The number of amides is 2. The van der Waals surface area contributed by atoms with Crippen LogP contribution in [0, 0.1) is 0 Å². The Hall–Kier alpha value is -2.65. The van der Waals surface area contributed by atoms with Crippen LogP contribution in [-0.4, -0.2) is 29.0 Å². The van der Waals surface area contributed by atoms with E-state index in [1.165, 1.54) is 24.5 Å². The van der Waals surface area contributed by atoms with Gasteiger partial charge in [-0.3, -0.25) is 14.6 Å². The minimum atomic E-state index is -3.11. The van der Waals surface area contributed by atoms with E-state index < -0.39 is 24.0 Å². The average Bonchev–Trinajstić information content (AvgIpc) is 2.72. The van der Waals surface area contributed by atoms with E-state index in [1.807, 2.05) is 0 Å². The van der Waals surface area contributed by atoms with Crippen LogP contribution < -0.4 is 20.1 Å². The summed E-state index contributed by atoms with van der Waals surface area (Å²) in [5, 5.41) is 5.43. The lowest BCUT2D eigenvalue weighted by atomic mass is 9.82. The van der Waals surface area contributed by atoms with E-state index in [0.29, 0.717) is 12.8 Å². The second kappa shape index (κ2) is 8.47. The molecule has 2 heterocycles. The van der Waals surface area contributed by atoms with Crippen molar-refractivity contribution in [3.05, 3.63) is 40.1 Å². The maximum atomic E-state index is 13.0. The Bertz CT molecular complexity index is 1030. The molecule has 0 radical (unpaired) electrons. The number of aromatic nitrogens is 1. The summed E-state index contributed by atoms with van der Waals surface area (Å²) in [4.78, 5) is 29.7. The molecule has 1 aromatic heterocycles.